The fourth-order valence-electron chi connectivity index (χ4n) is 5.52. The molecule has 2 aliphatic heterocycles. The summed E-state index contributed by atoms with van der Waals surface area (Å²) in [5.74, 6) is -3.08. The standard InChI is InChI=1S/C30H33F2NO2.C2H2O4/c1-22-30(34-21-25-5-2-3-7-29(25)35-22)16-19-33(20-17-30)18-4-6-28(23-8-12-26(31)13-9-23)24-10-14-27(32)15-11-24;3-1(4)2(5)6/h2-3,5,7-15,22,28H,4,6,16-21H2,1H3;(H,3,4)(H,5,6). The maximum atomic E-state index is 13.5. The van der Waals surface area contributed by atoms with E-state index in [1.54, 1.807) is 0 Å². The second-order valence-electron chi connectivity index (χ2n) is 10.5. The fourth-order valence-corrected chi connectivity index (χ4v) is 5.52. The van der Waals surface area contributed by atoms with E-state index >= 15 is 0 Å². The van der Waals surface area contributed by atoms with Gasteiger partial charge < -0.3 is 24.6 Å². The van der Waals surface area contributed by atoms with Gasteiger partial charge in [-0.05, 0) is 80.6 Å². The Balaban J connectivity index is 0.000000585. The van der Waals surface area contributed by atoms with Crippen LogP contribution in [0.4, 0.5) is 8.78 Å². The summed E-state index contributed by atoms with van der Waals surface area (Å²) in [4.78, 5) is 20.7. The topological polar surface area (TPSA) is 96.3 Å². The van der Waals surface area contributed by atoms with Crippen LogP contribution in [0.1, 0.15) is 55.2 Å². The normalized spacial score (nSPS) is 18.0. The number of likely N-dealkylation sites (tertiary alicyclic amines) is 1. The minimum atomic E-state index is -1.82. The van der Waals surface area contributed by atoms with Crippen molar-refractivity contribution in [3.8, 4) is 5.75 Å². The summed E-state index contributed by atoms with van der Waals surface area (Å²) < 4.78 is 39.8. The predicted molar refractivity (Wildman–Crippen MR) is 149 cm³/mol. The monoisotopic (exact) mass is 567 g/mol. The summed E-state index contributed by atoms with van der Waals surface area (Å²) in [6, 6.07) is 21.5. The van der Waals surface area contributed by atoms with Crippen LogP contribution in [0, 0.1) is 11.6 Å². The third-order valence-electron chi connectivity index (χ3n) is 7.93. The SMILES string of the molecule is CC1Oc2ccccc2COC12CCN(CCCC(c1ccc(F)cc1)c1ccc(F)cc1)CC2.O=C(O)C(=O)O. The Bertz CT molecular complexity index is 1250. The zero-order chi connectivity index (χ0) is 29.4. The molecule has 1 unspecified atom stereocenters. The number of halogens is 2. The number of carbonyl (C=O) groups is 2. The number of para-hydroxylation sites is 1. The number of ether oxygens (including phenoxy) is 2. The number of carboxylic acid groups (broad SMARTS) is 2. The van der Waals surface area contributed by atoms with Crippen LogP contribution in [0.2, 0.25) is 0 Å². The average molecular weight is 568 g/mol. The number of rotatable bonds is 6. The van der Waals surface area contributed by atoms with E-state index in [1.807, 2.05) is 42.5 Å². The van der Waals surface area contributed by atoms with Gasteiger partial charge in [0, 0.05) is 24.6 Å². The largest absolute Gasteiger partial charge is 0.487 e. The number of fused-ring (bicyclic) bond motifs is 1. The molecule has 2 aliphatic rings. The number of carboxylic acids is 2. The lowest BCUT2D eigenvalue weighted by atomic mass is 9.85. The van der Waals surface area contributed by atoms with Crippen LogP contribution in [0.5, 0.6) is 5.75 Å². The molecule has 1 saturated heterocycles. The van der Waals surface area contributed by atoms with E-state index in [0.717, 1.165) is 67.8 Å². The van der Waals surface area contributed by atoms with Crippen molar-refractivity contribution < 1.29 is 38.1 Å². The first kappa shape index (κ1) is 30.1. The first-order valence-corrected chi connectivity index (χ1v) is 13.7. The molecule has 1 fully saturated rings. The number of hydrogen-bond donors (Lipinski definition) is 2. The number of aliphatic carboxylic acids is 2. The van der Waals surface area contributed by atoms with Gasteiger partial charge in [0.15, 0.2) is 0 Å². The van der Waals surface area contributed by atoms with E-state index in [1.165, 1.54) is 24.3 Å². The Labute approximate surface area is 238 Å². The summed E-state index contributed by atoms with van der Waals surface area (Å²) in [5, 5.41) is 14.8. The third-order valence-corrected chi connectivity index (χ3v) is 7.93. The van der Waals surface area contributed by atoms with Crippen LogP contribution in [0.25, 0.3) is 0 Å². The Hall–Kier alpha value is -3.82. The van der Waals surface area contributed by atoms with Crippen molar-refractivity contribution in [3.05, 3.63) is 101 Å². The summed E-state index contributed by atoms with van der Waals surface area (Å²) in [5.41, 5.74) is 2.99. The van der Waals surface area contributed by atoms with Gasteiger partial charge in [-0.3, -0.25) is 0 Å². The summed E-state index contributed by atoms with van der Waals surface area (Å²) in [7, 11) is 0. The van der Waals surface area contributed by atoms with E-state index in [-0.39, 0.29) is 29.3 Å². The molecule has 7 nitrogen and oxygen atoms in total. The van der Waals surface area contributed by atoms with Crippen LogP contribution >= 0.6 is 0 Å². The summed E-state index contributed by atoms with van der Waals surface area (Å²) >= 11 is 0. The molecule has 0 amide bonds. The maximum Gasteiger partial charge on any atom is 0.414 e. The number of benzene rings is 3. The molecule has 2 heterocycles. The molecular formula is C32H35F2NO6. The molecule has 5 rings (SSSR count). The maximum absolute atomic E-state index is 13.5. The Kier molecular flexibility index (Phi) is 10.1. The van der Waals surface area contributed by atoms with E-state index in [2.05, 4.69) is 17.9 Å². The molecule has 1 atom stereocenters. The second-order valence-corrected chi connectivity index (χ2v) is 10.5. The molecule has 0 radical (unpaired) electrons. The van der Waals surface area contributed by atoms with Gasteiger partial charge in [0.25, 0.3) is 0 Å². The van der Waals surface area contributed by atoms with Crippen molar-refractivity contribution >= 4 is 11.9 Å². The van der Waals surface area contributed by atoms with Gasteiger partial charge in [0.05, 0.1) is 6.61 Å². The van der Waals surface area contributed by atoms with Gasteiger partial charge in [-0.25, -0.2) is 18.4 Å². The molecule has 0 aromatic heterocycles. The van der Waals surface area contributed by atoms with Gasteiger partial charge in [0.2, 0.25) is 0 Å². The van der Waals surface area contributed by atoms with E-state index in [0.29, 0.717) is 6.61 Å². The predicted octanol–water partition coefficient (Wildman–Crippen LogP) is 5.86. The molecule has 41 heavy (non-hydrogen) atoms. The quantitative estimate of drug-likeness (QED) is 0.360. The third kappa shape index (κ3) is 7.89. The van der Waals surface area contributed by atoms with Gasteiger partial charge in [0.1, 0.15) is 29.1 Å². The Morgan fingerprint density at radius 1 is 0.902 bits per heavy atom. The number of nitrogens with zero attached hydrogens (tertiary/aromatic N) is 1. The van der Waals surface area contributed by atoms with Crippen LogP contribution in [0.3, 0.4) is 0 Å². The van der Waals surface area contributed by atoms with E-state index in [9.17, 15) is 8.78 Å². The molecule has 9 heteroatoms. The average Bonchev–Trinajstić information content (AvgIpc) is 3.10. The molecule has 0 aliphatic carbocycles. The van der Waals surface area contributed by atoms with Crippen molar-refractivity contribution in [2.45, 2.75) is 56.8 Å². The van der Waals surface area contributed by atoms with Crippen molar-refractivity contribution in [3.63, 3.8) is 0 Å². The van der Waals surface area contributed by atoms with Crippen molar-refractivity contribution in [2.75, 3.05) is 19.6 Å². The first-order valence-electron chi connectivity index (χ1n) is 13.7. The molecule has 2 N–H and O–H groups in total. The lowest BCUT2D eigenvalue weighted by Crippen LogP contribution is -2.53. The molecule has 1 spiro atoms. The van der Waals surface area contributed by atoms with E-state index < -0.39 is 11.9 Å². The highest BCUT2D eigenvalue weighted by Gasteiger charge is 2.43. The van der Waals surface area contributed by atoms with Crippen LogP contribution < -0.4 is 4.74 Å². The molecule has 0 bridgehead atoms. The van der Waals surface area contributed by atoms with Gasteiger partial charge in [-0.15, -0.1) is 0 Å². The smallest absolute Gasteiger partial charge is 0.414 e. The highest BCUT2D eigenvalue weighted by atomic mass is 19.1. The van der Waals surface area contributed by atoms with Crippen molar-refractivity contribution in [1.82, 2.24) is 4.90 Å². The van der Waals surface area contributed by atoms with Crippen LogP contribution in [-0.4, -0.2) is 58.4 Å². The van der Waals surface area contributed by atoms with Gasteiger partial charge in [-0.2, -0.15) is 0 Å². The summed E-state index contributed by atoms with van der Waals surface area (Å²) in [6.45, 7) is 5.67. The van der Waals surface area contributed by atoms with Crippen LogP contribution in [-0.2, 0) is 20.9 Å². The lowest BCUT2D eigenvalue weighted by Gasteiger charge is -2.43. The second kappa shape index (κ2) is 13.7. The minimum absolute atomic E-state index is 0.00892. The minimum Gasteiger partial charge on any atom is -0.487 e. The Morgan fingerprint density at radius 2 is 1.44 bits per heavy atom. The molecule has 3 aromatic rings. The molecule has 0 saturated carbocycles. The van der Waals surface area contributed by atoms with E-state index in [4.69, 9.17) is 29.3 Å². The number of hydrogen-bond acceptors (Lipinski definition) is 5. The number of piperidine rings is 1. The highest BCUT2D eigenvalue weighted by Crippen LogP contribution is 2.38. The van der Waals surface area contributed by atoms with Crippen LogP contribution in [0.15, 0.2) is 72.8 Å². The molecular weight excluding hydrogens is 532 g/mol. The van der Waals surface area contributed by atoms with Gasteiger partial charge >= 0.3 is 11.9 Å². The van der Waals surface area contributed by atoms with Crippen molar-refractivity contribution in [1.29, 1.82) is 0 Å². The zero-order valence-electron chi connectivity index (χ0n) is 23.0. The summed E-state index contributed by atoms with van der Waals surface area (Å²) in [6.07, 6.45) is 3.83. The highest BCUT2D eigenvalue weighted by molar-refractivity contribution is 6.27. The zero-order valence-corrected chi connectivity index (χ0v) is 23.0. The fraction of sp³-hybridized carbons (Fsp3) is 0.375. The molecule has 3 aromatic carbocycles. The Morgan fingerprint density at radius 3 is 1.98 bits per heavy atom. The van der Waals surface area contributed by atoms with Gasteiger partial charge in [-0.1, -0.05) is 42.5 Å². The molecule has 218 valence electrons. The lowest BCUT2D eigenvalue weighted by molar-refractivity contribution is -0.159. The first-order chi connectivity index (χ1) is 19.7. The van der Waals surface area contributed by atoms with Crippen molar-refractivity contribution in [2.24, 2.45) is 0 Å².